The van der Waals surface area contributed by atoms with E-state index in [2.05, 4.69) is 30.7 Å². The number of aliphatic hydroxyl groups is 1. The number of hydrogen-bond donors (Lipinski definition) is 4. The van der Waals surface area contributed by atoms with Crippen LogP contribution in [0, 0.1) is 29.9 Å². The van der Waals surface area contributed by atoms with E-state index in [1.807, 2.05) is 87.8 Å². The van der Waals surface area contributed by atoms with Crippen LogP contribution in [0.25, 0.3) is 21.3 Å². The Bertz CT molecular complexity index is 3120. The second-order valence-corrected chi connectivity index (χ2v) is 22.9. The maximum atomic E-state index is 14.2. The quantitative estimate of drug-likeness (QED) is 0.0500. The molecule has 79 heavy (non-hydrogen) atoms. The molecule has 3 fully saturated rings. The molecule has 4 N–H and O–H groups in total. The molecule has 5 heterocycles. The monoisotopic (exact) mass is 1100 g/mol. The molecule has 9 rings (SSSR count). The van der Waals surface area contributed by atoms with Gasteiger partial charge in [-0.3, -0.25) is 29.1 Å². The summed E-state index contributed by atoms with van der Waals surface area (Å²) < 4.78 is 39.3. The van der Waals surface area contributed by atoms with Crippen molar-refractivity contribution < 1.29 is 47.3 Å². The highest BCUT2D eigenvalue weighted by Gasteiger charge is 2.44. The Kier molecular flexibility index (Phi) is 18.3. The summed E-state index contributed by atoms with van der Waals surface area (Å²) in [4.78, 5) is 79.6. The lowest BCUT2D eigenvalue weighted by Gasteiger charge is -2.36. The van der Waals surface area contributed by atoms with Crippen molar-refractivity contribution >= 4 is 68.7 Å². The topological polar surface area (TPSA) is 199 Å². The van der Waals surface area contributed by atoms with Gasteiger partial charge < -0.3 is 39.9 Å². The number of amides is 3. The number of anilines is 3. The number of rotatable bonds is 21. The molecule has 19 heteroatoms. The van der Waals surface area contributed by atoms with Gasteiger partial charge in [0.25, 0.3) is 5.91 Å². The van der Waals surface area contributed by atoms with Gasteiger partial charge in [0.2, 0.25) is 11.8 Å². The molecule has 0 spiro atoms. The molecule has 3 aliphatic heterocycles. The SMILES string of the molecule is Cc1ncsc1-c1ccc(CCC(=O)[C@@H]2C[C@@H](O)CN2C(=O)[C@@H](CC(=O)CCOCCC(=O)N2CCN(c3ccc(C(=O)Nc4n[nH]c5ccc(Cc6cc(F)cc(F)c6)cc45)c(NC4CCOCC4)c3)CC2)C(C)(C)C)cc1. The van der Waals surface area contributed by atoms with Gasteiger partial charge in [0.15, 0.2) is 11.6 Å². The number of nitrogens with zero attached hydrogens (tertiary/aromatic N) is 5. The third-order valence-corrected chi connectivity index (χ3v) is 16.3. The molecule has 0 saturated carbocycles. The number of ketones is 2. The van der Waals surface area contributed by atoms with Gasteiger partial charge in [-0.2, -0.15) is 5.10 Å². The molecular formula is C60H70F2N8O8S. The van der Waals surface area contributed by atoms with Crippen LogP contribution in [-0.4, -0.2) is 137 Å². The fourth-order valence-electron chi connectivity index (χ4n) is 10.8. The molecule has 418 valence electrons. The minimum Gasteiger partial charge on any atom is -0.391 e. The van der Waals surface area contributed by atoms with E-state index >= 15 is 0 Å². The highest BCUT2D eigenvalue weighted by atomic mass is 32.1. The molecule has 3 amide bonds. The van der Waals surface area contributed by atoms with Gasteiger partial charge in [0.05, 0.1) is 58.9 Å². The number of ether oxygens (including phenoxy) is 2. The number of likely N-dealkylation sites (tertiary alicyclic amines) is 1. The number of β-amino-alcohol motifs (C(OH)–C–C–N with tert-alkyl or cyclic N) is 1. The highest BCUT2D eigenvalue weighted by Crippen LogP contribution is 2.35. The average molecular weight is 1100 g/mol. The molecule has 0 aliphatic carbocycles. The van der Waals surface area contributed by atoms with Gasteiger partial charge in [-0.1, -0.05) is 51.1 Å². The normalized spacial score (nSPS) is 17.5. The molecule has 0 radical (unpaired) electrons. The largest absolute Gasteiger partial charge is 0.391 e. The number of halogens is 2. The molecule has 2 aromatic heterocycles. The molecule has 4 aromatic carbocycles. The fourth-order valence-corrected chi connectivity index (χ4v) is 11.6. The van der Waals surface area contributed by atoms with Crippen LogP contribution in [0.15, 0.2) is 84.4 Å². The summed E-state index contributed by atoms with van der Waals surface area (Å²) in [6.07, 6.45) is 2.06. The smallest absolute Gasteiger partial charge is 0.258 e. The molecular weight excluding hydrogens is 1030 g/mol. The maximum Gasteiger partial charge on any atom is 0.258 e. The molecule has 16 nitrogen and oxygen atoms in total. The predicted molar refractivity (Wildman–Crippen MR) is 300 cm³/mol. The number of aromatic amines is 1. The van der Waals surface area contributed by atoms with Crippen LogP contribution in [0.4, 0.5) is 26.0 Å². The molecule has 6 aromatic rings. The third kappa shape index (κ3) is 14.5. The highest BCUT2D eigenvalue weighted by molar-refractivity contribution is 7.13. The number of hydrogen-bond acceptors (Lipinski definition) is 13. The van der Waals surface area contributed by atoms with Crippen molar-refractivity contribution in [3.63, 3.8) is 0 Å². The van der Waals surface area contributed by atoms with Gasteiger partial charge in [-0.05, 0) is 103 Å². The van der Waals surface area contributed by atoms with Crippen molar-refractivity contribution in [2.24, 2.45) is 11.3 Å². The number of carbonyl (C=O) groups excluding carboxylic acids is 5. The Hall–Kier alpha value is -6.93. The summed E-state index contributed by atoms with van der Waals surface area (Å²) in [7, 11) is 0. The van der Waals surface area contributed by atoms with Crippen molar-refractivity contribution in [1.82, 2.24) is 25.0 Å². The van der Waals surface area contributed by atoms with Gasteiger partial charge >= 0.3 is 0 Å². The summed E-state index contributed by atoms with van der Waals surface area (Å²) in [5, 5.41) is 25.3. The number of nitrogens with one attached hydrogen (secondary N) is 3. The van der Waals surface area contributed by atoms with Gasteiger partial charge in [-0.25, -0.2) is 13.8 Å². The second-order valence-electron chi connectivity index (χ2n) is 22.1. The van der Waals surface area contributed by atoms with E-state index in [9.17, 15) is 37.9 Å². The van der Waals surface area contributed by atoms with Crippen molar-refractivity contribution in [3.8, 4) is 10.4 Å². The first-order chi connectivity index (χ1) is 37.9. The first kappa shape index (κ1) is 56.8. The van der Waals surface area contributed by atoms with E-state index < -0.39 is 35.1 Å². The summed E-state index contributed by atoms with van der Waals surface area (Å²) >= 11 is 1.58. The minimum absolute atomic E-state index is 0.0346. The molecule has 0 bridgehead atoms. The molecule has 3 atom stereocenters. The van der Waals surface area contributed by atoms with E-state index in [0.29, 0.717) is 79.3 Å². The van der Waals surface area contributed by atoms with E-state index in [4.69, 9.17) is 9.47 Å². The van der Waals surface area contributed by atoms with Crippen LogP contribution >= 0.6 is 11.3 Å². The maximum absolute atomic E-state index is 14.2. The van der Waals surface area contributed by atoms with Gasteiger partial charge in [0.1, 0.15) is 17.4 Å². The summed E-state index contributed by atoms with van der Waals surface area (Å²) in [5.41, 5.74) is 8.20. The lowest BCUT2D eigenvalue weighted by Crippen LogP contribution is -2.49. The number of H-pyrrole nitrogens is 1. The van der Waals surface area contributed by atoms with E-state index in [0.717, 1.165) is 51.9 Å². The minimum atomic E-state index is -0.832. The number of benzene rings is 4. The summed E-state index contributed by atoms with van der Waals surface area (Å²) in [6.45, 7) is 11.3. The summed E-state index contributed by atoms with van der Waals surface area (Å²) in [6, 6.07) is 22.0. The number of aliphatic hydroxyl groups excluding tert-OH is 1. The molecule has 3 aliphatic rings. The number of Topliss-reactive ketones (excluding diaryl/α,β-unsaturated/α-hetero) is 2. The third-order valence-electron chi connectivity index (χ3n) is 15.3. The van der Waals surface area contributed by atoms with E-state index in [1.165, 1.54) is 17.0 Å². The lowest BCUT2D eigenvalue weighted by atomic mass is 9.76. The number of aryl methyl sites for hydroxylation is 2. The Morgan fingerprint density at radius 3 is 2.30 bits per heavy atom. The second kappa shape index (κ2) is 25.5. The standard InChI is InChI=1S/C60H70F2N8O8S/c1-37-56(79-36-63-37)41-9-5-38(6-10-41)8-14-54(73)53-34-47(72)35-70(53)59(76)50(60(2,3)4)33-46(71)17-25-78-26-18-55(74)69-21-19-68(20-22-69)45-11-12-48(52(32-45)64-44-15-23-77-24-16-44)58(75)65-57-49-30-39(7-13-51(49)66-67-57)27-40-28-42(61)31-43(62)29-40/h5-7,9-13,28-32,36,44,47,50,53,64,72H,8,14-27,33-35H2,1-4H3,(H2,65,66,67,75)/t47-,50-,53+/m1/s1. The van der Waals surface area contributed by atoms with E-state index in [1.54, 1.807) is 22.3 Å². The zero-order chi connectivity index (χ0) is 55.8. The Morgan fingerprint density at radius 2 is 1.59 bits per heavy atom. The van der Waals surface area contributed by atoms with E-state index in [-0.39, 0.29) is 93.6 Å². The van der Waals surface area contributed by atoms with Crippen LogP contribution in [0.5, 0.6) is 0 Å². The number of fused-ring (bicyclic) bond motifs is 1. The fraction of sp³-hybridized carbons (Fsp3) is 0.450. The molecule has 3 saturated heterocycles. The number of aromatic nitrogens is 3. The van der Waals surface area contributed by atoms with Crippen molar-refractivity contribution in [3.05, 3.63) is 124 Å². The summed E-state index contributed by atoms with van der Waals surface area (Å²) in [5.74, 6) is -2.69. The van der Waals surface area contributed by atoms with Crippen LogP contribution in [0.3, 0.4) is 0 Å². The zero-order valence-corrected chi connectivity index (χ0v) is 46.1. The number of thiazole rings is 1. The van der Waals surface area contributed by atoms with Crippen molar-refractivity contribution in [2.75, 3.05) is 74.7 Å². The first-order valence-corrected chi connectivity index (χ1v) is 28.2. The van der Waals surface area contributed by atoms with Crippen LogP contribution in [0.2, 0.25) is 0 Å². The Balaban J connectivity index is 0.734. The number of piperazine rings is 1. The van der Waals surface area contributed by atoms with Gasteiger partial charge in [-0.15, -0.1) is 11.3 Å². The first-order valence-electron chi connectivity index (χ1n) is 27.3. The van der Waals surface area contributed by atoms with Gasteiger partial charge in [0, 0.05) is 106 Å². The zero-order valence-electron chi connectivity index (χ0n) is 45.3. The Labute approximate surface area is 463 Å². The van der Waals surface area contributed by atoms with Crippen molar-refractivity contribution in [2.45, 2.75) is 104 Å². The number of carbonyl (C=O) groups is 5. The Morgan fingerprint density at radius 1 is 0.873 bits per heavy atom. The average Bonchev–Trinajstić information content (AvgIpc) is 4.19. The van der Waals surface area contributed by atoms with Crippen LogP contribution < -0.4 is 15.5 Å². The van der Waals surface area contributed by atoms with Crippen molar-refractivity contribution in [1.29, 1.82) is 0 Å². The lowest BCUT2D eigenvalue weighted by molar-refractivity contribution is -0.146. The van der Waals surface area contributed by atoms with Crippen LogP contribution in [-0.2, 0) is 41.5 Å². The van der Waals surface area contributed by atoms with Crippen LogP contribution in [0.1, 0.15) is 98.5 Å². The predicted octanol–water partition coefficient (Wildman–Crippen LogP) is 8.94. The molecule has 0 unspecified atom stereocenters.